The van der Waals surface area contributed by atoms with Gasteiger partial charge in [-0.25, -0.2) is 12.8 Å². The van der Waals surface area contributed by atoms with Crippen molar-refractivity contribution in [3.05, 3.63) is 40.4 Å². The number of nitrogens with zero attached hydrogens (tertiary/aromatic N) is 3. The van der Waals surface area contributed by atoms with Crippen LogP contribution in [0.15, 0.2) is 38.4 Å². The van der Waals surface area contributed by atoms with E-state index in [2.05, 4.69) is 21.1 Å². The molecule has 1 saturated heterocycles. The van der Waals surface area contributed by atoms with E-state index in [1.165, 1.54) is 22.5 Å². The highest BCUT2D eigenvalue weighted by molar-refractivity contribution is 9.10. The Morgan fingerprint density at radius 1 is 1.27 bits per heavy atom. The minimum atomic E-state index is -3.86. The van der Waals surface area contributed by atoms with Gasteiger partial charge in [0.25, 0.3) is 5.91 Å². The number of fused-ring (bicyclic) bond motifs is 1. The predicted molar refractivity (Wildman–Crippen MR) is 106 cm³/mol. The summed E-state index contributed by atoms with van der Waals surface area (Å²) >= 11 is 3.20. The zero-order chi connectivity index (χ0) is 21.3. The molecule has 2 aromatic rings. The Balaban J connectivity index is 1.28. The highest BCUT2D eigenvalue weighted by atomic mass is 79.9. The standard InChI is InChI=1S/C19H19BrFN3O5S/c1-11-8-28-16-15(22-29-17(16)20)18(25)24(11)12-6-19(7-12)9-23(10-19)30(26,27)14-5-3-2-4-13(14)21/h2-5,11-12H,6-10H2,1H3/t11-/m1/s1. The lowest BCUT2D eigenvalue weighted by Gasteiger charge is -2.60. The fraction of sp³-hybridized carbons (Fsp3) is 0.474. The van der Waals surface area contributed by atoms with Gasteiger partial charge in [-0.1, -0.05) is 17.3 Å². The average molecular weight is 500 g/mol. The number of aromatic nitrogens is 1. The number of rotatable bonds is 3. The second kappa shape index (κ2) is 6.76. The second-order valence-corrected chi connectivity index (χ2v) is 10.9. The maximum absolute atomic E-state index is 14.0. The van der Waals surface area contributed by atoms with Gasteiger partial charge in [-0.05, 0) is 47.8 Å². The third-order valence-corrected chi connectivity index (χ3v) is 8.53. The number of benzene rings is 1. The Morgan fingerprint density at radius 2 is 1.97 bits per heavy atom. The molecule has 1 amide bonds. The fourth-order valence-corrected chi connectivity index (χ4v) is 6.82. The molecular formula is C19H19BrFN3O5S. The van der Waals surface area contributed by atoms with Crippen molar-refractivity contribution >= 4 is 31.9 Å². The zero-order valence-electron chi connectivity index (χ0n) is 16.0. The summed E-state index contributed by atoms with van der Waals surface area (Å²) in [5.74, 6) is -0.683. The van der Waals surface area contributed by atoms with Crippen molar-refractivity contribution < 1.29 is 26.9 Å². The van der Waals surface area contributed by atoms with E-state index in [4.69, 9.17) is 9.26 Å². The van der Waals surface area contributed by atoms with Crippen LogP contribution in [0.3, 0.4) is 0 Å². The SMILES string of the molecule is C[C@@H]1COc2c(noc2Br)C(=O)N1C1CC2(C1)CN(S(=O)(=O)c1ccccc1F)C2. The number of amides is 1. The van der Waals surface area contributed by atoms with E-state index in [9.17, 15) is 17.6 Å². The summed E-state index contributed by atoms with van der Waals surface area (Å²) in [6, 6.07) is 5.22. The van der Waals surface area contributed by atoms with Crippen molar-refractivity contribution in [2.75, 3.05) is 19.7 Å². The number of hydrogen-bond donors (Lipinski definition) is 0. The van der Waals surface area contributed by atoms with Crippen LogP contribution in [0.25, 0.3) is 0 Å². The third-order valence-electron chi connectivity index (χ3n) is 6.20. The predicted octanol–water partition coefficient (Wildman–Crippen LogP) is 2.65. The summed E-state index contributed by atoms with van der Waals surface area (Å²) in [5, 5.41) is 3.82. The van der Waals surface area contributed by atoms with E-state index >= 15 is 0 Å². The van der Waals surface area contributed by atoms with E-state index in [1.54, 1.807) is 4.90 Å². The first-order valence-electron chi connectivity index (χ1n) is 9.57. The van der Waals surface area contributed by atoms with Gasteiger partial charge in [-0.2, -0.15) is 4.31 Å². The van der Waals surface area contributed by atoms with Crippen molar-refractivity contribution in [3.63, 3.8) is 0 Å². The van der Waals surface area contributed by atoms with Crippen molar-refractivity contribution in [2.45, 2.75) is 36.7 Å². The van der Waals surface area contributed by atoms with Crippen LogP contribution in [0.1, 0.15) is 30.3 Å². The molecule has 1 aromatic heterocycles. The number of hydrogen-bond acceptors (Lipinski definition) is 6. The second-order valence-electron chi connectivity index (χ2n) is 8.27. The molecule has 30 heavy (non-hydrogen) atoms. The van der Waals surface area contributed by atoms with Crippen molar-refractivity contribution in [1.29, 1.82) is 0 Å². The molecule has 2 fully saturated rings. The number of carbonyl (C=O) groups is 1. The molecule has 1 aliphatic carbocycles. The highest BCUT2D eigenvalue weighted by Crippen LogP contribution is 2.52. The number of ether oxygens (including phenoxy) is 1. The molecule has 1 saturated carbocycles. The lowest BCUT2D eigenvalue weighted by atomic mass is 9.61. The van der Waals surface area contributed by atoms with Gasteiger partial charge in [0.05, 0.1) is 6.04 Å². The molecule has 160 valence electrons. The van der Waals surface area contributed by atoms with Gasteiger partial charge in [-0.15, -0.1) is 0 Å². The third kappa shape index (κ3) is 2.89. The van der Waals surface area contributed by atoms with Crippen molar-refractivity contribution in [2.24, 2.45) is 5.41 Å². The fourth-order valence-electron chi connectivity index (χ4n) is 4.72. The highest BCUT2D eigenvalue weighted by Gasteiger charge is 2.58. The molecule has 8 nitrogen and oxygen atoms in total. The van der Waals surface area contributed by atoms with Gasteiger partial charge >= 0.3 is 0 Å². The molecule has 0 radical (unpaired) electrons. The van der Waals surface area contributed by atoms with Crippen LogP contribution in [0.5, 0.6) is 5.75 Å². The van der Waals surface area contributed by atoms with Crippen LogP contribution in [0, 0.1) is 11.2 Å². The van der Waals surface area contributed by atoms with Gasteiger partial charge in [0.1, 0.15) is 17.3 Å². The maximum atomic E-state index is 14.0. The van der Waals surface area contributed by atoms with E-state index in [0.717, 1.165) is 6.07 Å². The lowest BCUT2D eigenvalue weighted by Crippen LogP contribution is -2.68. The molecule has 3 heterocycles. The summed E-state index contributed by atoms with van der Waals surface area (Å²) < 4.78 is 51.7. The molecule has 2 aliphatic heterocycles. The Labute approximate surface area is 181 Å². The summed E-state index contributed by atoms with van der Waals surface area (Å²) in [5.41, 5.74) is -0.0341. The summed E-state index contributed by atoms with van der Waals surface area (Å²) in [6.45, 7) is 2.88. The number of halogens is 2. The molecule has 0 N–H and O–H groups in total. The van der Waals surface area contributed by atoms with Crippen molar-refractivity contribution in [1.82, 2.24) is 14.4 Å². The van der Waals surface area contributed by atoms with Gasteiger partial charge in [0.15, 0.2) is 0 Å². The Morgan fingerprint density at radius 3 is 2.67 bits per heavy atom. The Hall–Kier alpha value is -1.98. The molecule has 1 spiro atoms. The molecule has 1 atom stereocenters. The minimum Gasteiger partial charge on any atom is -0.485 e. The maximum Gasteiger partial charge on any atom is 0.280 e. The van der Waals surface area contributed by atoms with Crippen LogP contribution >= 0.6 is 15.9 Å². The van der Waals surface area contributed by atoms with Crippen LogP contribution in [-0.2, 0) is 10.0 Å². The van der Waals surface area contributed by atoms with Gasteiger partial charge in [-0.3, -0.25) is 4.79 Å². The largest absolute Gasteiger partial charge is 0.485 e. The van der Waals surface area contributed by atoms with E-state index < -0.39 is 15.8 Å². The van der Waals surface area contributed by atoms with E-state index in [-0.39, 0.29) is 38.7 Å². The van der Waals surface area contributed by atoms with Gasteiger partial charge < -0.3 is 14.2 Å². The molecule has 3 aliphatic rings. The number of sulfonamides is 1. The molecule has 11 heteroatoms. The molecule has 1 aromatic carbocycles. The van der Waals surface area contributed by atoms with E-state index in [1.807, 2.05) is 6.92 Å². The smallest absolute Gasteiger partial charge is 0.280 e. The Kier molecular flexibility index (Phi) is 4.50. The Bertz CT molecular complexity index is 1120. The van der Waals surface area contributed by atoms with Crippen LogP contribution in [0.2, 0.25) is 0 Å². The summed E-state index contributed by atoms with van der Waals surface area (Å²) in [4.78, 5) is 14.5. The monoisotopic (exact) mass is 499 g/mol. The van der Waals surface area contributed by atoms with Crippen LogP contribution in [0.4, 0.5) is 4.39 Å². The molecule has 5 rings (SSSR count). The first-order valence-corrected chi connectivity index (χ1v) is 11.8. The quantitative estimate of drug-likeness (QED) is 0.644. The summed E-state index contributed by atoms with van der Waals surface area (Å²) in [6.07, 6.45) is 1.36. The summed E-state index contributed by atoms with van der Waals surface area (Å²) in [7, 11) is -3.86. The van der Waals surface area contributed by atoms with Gasteiger partial charge in [0.2, 0.25) is 26.1 Å². The molecular weight excluding hydrogens is 481 g/mol. The number of carbonyl (C=O) groups excluding carboxylic acids is 1. The molecule has 0 unspecified atom stereocenters. The zero-order valence-corrected chi connectivity index (χ0v) is 18.4. The molecule has 0 bridgehead atoms. The van der Waals surface area contributed by atoms with Gasteiger partial charge in [0, 0.05) is 24.5 Å². The van der Waals surface area contributed by atoms with Crippen LogP contribution in [-0.4, -0.2) is 60.5 Å². The first kappa shape index (κ1) is 20.0. The van der Waals surface area contributed by atoms with E-state index in [0.29, 0.717) is 38.3 Å². The first-order chi connectivity index (χ1) is 14.2. The van der Waals surface area contributed by atoms with Crippen molar-refractivity contribution in [3.8, 4) is 5.75 Å². The average Bonchev–Trinajstić information content (AvgIpc) is 2.94. The normalized spacial score (nSPS) is 24.0. The topological polar surface area (TPSA) is 93.0 Å². The minimum absolute atomic E-state index is 0.0316. The lowest BCUT2D eigenvalue weighted by molar-refractivity contribution is -0.0758. The van der Waals surface area contributed by atoms with Crippen LogP contribution < -0.4 is 4.74 Å².